The third kappa shape index (κ3) is 4.19. The molecule has 5 aromatic rings. The number of hydrogen-bond acceptors (Lipinski definition) is 6. The Balaban J connectivity index is 1.49. The molecule has 0 spiro atoms. The molecule has 3 aromatic heterocycles. The van der Waals surface area contributed by atoms with Crippen molar-refractivity contribution in [1.82, 2.24) is 24.7 Å². The predicted molar refractivity (Wildman–Crippen MR) is 127 cm³/mol. The van der Waals surface area contributed by atoms with E-state index in [0.29, 0.717) is 5.56 Å². The molecule has 0 aliphatic heterocycles. The summed E-state index contributed by atoms with van der Waals surface area (Å²) in [6.45, 7) is 0. The maximum absolute atomic E-state index is 13.1. The number of H-pyrrole nitrogens is 1. The topological polar surface area (TPSA) is 117 Å². The van der Waals surface area contributed by atoms with Crippen LogP contribution in [0.1, 0.15) is 23.6 Å². The minimum Gasteiger partial charge on any atom is -0.346 e. The number of aromatic nitrogens is 5. The Morgan fingerprint density at radius 1 is 1.06 bits per heavy atom. The van der Waals surface area contributed by atoms with Crippen LogP contribution in [0.4, 0.5) is 0 Å². The molecular formula is C25H20N6O2S. The van der Waals surface area contributed by atoms with Gasteiger partial charge in [0.05, 0.1) is 41.1 Å². The molecule has 3 heterocycles. The second-order valence-electron chi connectivity index (χ2n) is 7.87. The van der Waals surface area contributed by atoms with Crippen molar-refractivity contribution in [3.05, 3.63) is 96.7 Å². The smallest absolute Gasteiger partial charge is 0.182 e. The van der Waals surface area contributed by atoms with Crippen molar-refractivity contribution in [1.29, 1.82) is 5.26 Å². The van der Waals surface area contributed by atoms with Crippen LogP contribution in [0.25, 0.3) is 22.3 Å². The number of fused-ring (bicyclic) bond motifs is 1. The van der Waals surface area contributed by atoms with Crippen LogP contribution in [0, 0.1) is 11.3 Å². The standard InChI is InChI=1S/C25H20N6O2S/c26-11-9-23(31-15-20(14-30-31)24-22-10-12-27-25(22)29-17-28-24)19-7-4-8-21(13-19)34(32,33)16-18-5-2-1-3-6-18/h1-8,10,12-15,17,23H,9,16H2,(H,27,28,29). The monoisotopic (exact) mass is 468 g/mol. The van der Waals surface area contributed by atoms with Gasteiger partial charge < -0.3 is 4.98 Å². The molecule has 1 N–H and O–H groups in total. The van der Waals surface area contributed by atoms with Crippen molar-refractivity contribution >= 4 is 20.9 Å². The quantitative estimate of drug-likeness (QED) is 0.381. The van der Waals surface area contributed by atoms with Gasteiger partial charge in [0, 0.05) is 23.3 Å². The zero-order valence-electron chi connectivity index (χ0n) is 18.0. The SMILES string of the molecule is N#CCC(c1cccc(S(=O)(=O)Cc2ccccc2)c1)n1cc(-c2ncnc3[nH]ccc23)cn1. The molecule has 9 heteroatoms. The molecule has 0 amide bonds. The van der Waals surface area contributed by atoms with Crippen LogP contribution in [-0.2, 0) is 15.6 Å². The molecule has 0 fully saturated rings. The fraction of sp³-hybridized carbons (Fsp3) is 0.120. The van der Waals surface area contributed by atoms with Gasteiger partial charge in [0.25, 0.3) is 0 Å². The number of aromatic amines is 1. The molecule has 2 aromatic carbocycles. The van der Waals surface area contributed by atoms with Gasteiger partial charge in [0.15, 0.2) is 9.84 Å². The normalized spacial score (nSPS) is 12.4. The highest BCUT2D eigenvalue weighted by Gasteiger charge is 2.21. The Labute approximate surface area is 196 Å². The van der Waals surface area contributed by atoms with E-state index >= 15 is 0 Å². The minimum absolute atomic E-state index is 0.0908. The molecule has 5 rings (SSSR count). The van der Waals surface area contributed by atoms with Crippen LogP contribution < -0.4 is 0 Å². The molecule has 0 aliphatic carbocycles. The highest BCUT2D eigenvalue weighted by atomic mass is 32.2. The zero-order chi connectivity index (χ0) is 23.5. The van der Waals surface area contributed by atoms with E-state index in [1.165, 1.54) is 6.33 Å². The van der Waals surface area contributed by atoms with E-state index in [9.17, 15) is 13.7 Å². The maximum Gasteiger partial charge on any atom is 0.182 e. The fourth-order valence-corrected chi connectivity index (χ4v) is 5.38. The first kappa shape index (κ1) is 21.6. The van der Waals surface area contributed by atoms with Gasteiger partial charge in [-0.1, -0.05) is 42.5 Å². The van der Waals surface area contributed by atoms with E-state index in [1.54, 1.807) is 47.4 Å². The summed E-state index contributed by atoms with van der Waals surface area (Å²) in [5.74, 6) is -0.0908. The second-order valence-corrected chi connectivity index (χ2v) is 9.86. The average molecular weight is 469 g/mol. The predicted octanol–water partition coefficient (Wildman–Crippen LogP) is 4.30. The first-order chi connectivity index (χ1) is 16.5. The Hall–Kier alpha value is -4.29. The van der Waals surface area contributed by atoms with Crippen LogP contribution in [-0.4, -0.2) is 33.2 Å². The number of benzene rings is 2. The number of sulfone groups is 1. The molecule has 0 radical (unpaired) electrons. The first-order valence-electron chi connectivity index (χ1n) is 10.6. The van der Waals surface area contributed by atoms with E-state index in [4.69, 9.17) is 0 Å². The molecule has 0 aliphatic rings. The molecule has 0 bridgehead atoms. The van der Waals surface area contributed by atoms with Gasteiger partial charge in [-0.15, -0.1) is 0 Å². The molecule has 0 saturated heterocycles. The summed E-state index contributed by atoms with van der Waals surface area (Å²) in [4.78, 5) is 11.9. The zero-order valence-corrected chi connectivity index (χ0v) is 18.9. The molecule has 0 saturated carbocycles. The van der Waals surface area contributed by atoms with Gasteiger partial charge in [-0.3, -0.25) is 4.68 Å². The van der Waals surface area contributed by atoms with Crippen LogP contribution in [0.5, 0.6) is 0 Å². The van der Waals surface area contributed by atoms with Crippen molar-refractivity contribution in [2.75, 3.05) is 0 Å². The van der Waals surface area contributed by atoms with Crippen molar-refractivity contribution in [2.45, 2.75) is 23.1 Å². The van der Waals surface area contributed by atoms with Crippen molar-refractivity contribution < 1.29 is 8.42 Å². The lowest BCUT2D eigenvalue weighted by molar-refractivity contribution is 0.531. The summed E-state index contributed by atoms with van der Waals surface area (Å²) in [5.41, 5.74) is 3.65. The lowest BCUT2D eigenvalue weighted by Crippen LogP contribution is -2.12. The Morgan fingerprint density at radius 3 is 2.74 bits per heavy atom. The summed E-state index contributed by atoms with van der Waals surface area (Å²) in [6.07, 6.45) is 6.93. The lowest BCUT2D eigenvalue weighted by Gasteiger charge is -2.16. The Bertz CT molecular complexity index is 1600. The summed E-state index contributed by atoms with van der Waals surface area (Å²) >= 11 is 0. The molecule has 34 heavy (non-hydrogen) atoms. The van der Waals surface area contributed by atoms with Gasteiger partial charge in [0.1, 0.15) is 12.0 Å². The van der Waals surface area contributed by atoms with Gasteiger partial charge in [-0.05, 0) is 29.3 Å². The Kier molecular flexibility index (Phi) is 5.65. The summed E-state index contributed by atoms with van der Waals surface area (Å²) < 4.78 is 27.8. The van der Waals surface area contributed by atoms with Crippen LogP contribution in [0.3, 0.4) is 0 Å². The van der Waals surface area contributed by atoms with Crippen LogP contribution in [0.15, 0.2) is 90.5 Å². The van der Waals surface area contributed by atoms with Crippen LogP contribution >= 0.6 is 0 Å². The first-order valence-corrected chi connectivity index (χ1v) is 12.3. The molecule has 168 valence electrons. The summed E-state index contributed by atoms with van der Waals surface area (Å²) in [7, 11) is -3.56. The van der Waals surface area contributed by atoms with Crippen LogP contribution in [0.2, 0.25) is 0 Å². The van der Waals surface area contributed by atoms with E-state index in [0.717, 1.165) is 27.9 Å². The number of hydrogen-bond donors (Lipinski definition) is 1. The second kappa shape index (κ2) is 8.92. The van der Waals surface area contributed by atoms with Gasteiger partial charge in [-0.25, -0.2) is 18.4 Å². The van der Waals surface area contributed by atoms with Crippen molar-refractivity contribution in [3.8, 4) is 17.3 Å². The van der Waals surface area contributed by atoms with E-state index < -0.39 is 15.9 Å². The van der Waals surface area contributed by atoms with Gasteiger partial charge in [0.2, 0.25) is 0 Å². The molecule has 1 atom stereocenters. The summed E-state index contributed by atoms with van der Waals surface area (Å²) in [5, 5.41) is 14.8. The highest BCUT2D eigenvalue weighted by Crippen LogP contribution is 2.29. The fourth-order valence-electron chi connectivity index (χ4n) is 3.98. The van der Waals surface area contributed by atoms with Crippen molar-refractivity contribution in [2.24, 2.45) is 0 Å². The number of rotatable bonds is 7. The third-order valence-electron chi connectivity index (χ3n) is 5.63. The molecule has 1 unspecified atom stereocenters. The highest BCUT2D eigenvalue weighted by molar-refractivity contribution is 7.90. The van der Waals surface area contributed by atoms with E-state index in [1.807, 2.05) is 36.5 Å². The Morgan fingerprint density at radius 2 is 1.91 bits per heavy atom. The number of nitriles is 1. The van der Waals surface area contributed by atoms with E-state index in [2.05, 4.69) is 26.1 Å². The number of nitrogens with one attached hydrogen (secondary N) is 1. The average Bonchev–Trinajstić information content (AvgIpc) is 3.53. The van der Waals surface area contributed by atoms with Crippen molar-refractivity contribution in [3.63, 3.8) is 0 Å². The maximum atomic E-state index is 13.1. The van der Waals surface area contributed by atoms with Gasteiger partial charge in [-0.2, -0.15) is 10.4 Å². The minimum atomic E-state index is -3.56. The van der Waals surface area contributed by atoms with Gasteiger partial charge >= 0.3 is 0 Å². The molecule has 8 nitrogen and oxygen atoms in total. The summed E-state index contributed by atoms with van der Waals surface area (Å²) in [6, 6.07) is 19.5. The number of nitrogens with zero attached hydrogens (tertiary/aromatic N) is 5. The third-order valence-corrected chi connectivity index (χ3v) is 7.32. The largest absolute Gasteiger partial charge is 0.346 e. The molecular weight excluding hydrogens is 448 g/mol. The lowest BCUT2D eigenvalue weighted by atomic mass is 10.0. The van der Waals surface area contributed by atoms with E-state index in [-0.39, 0.29) is 17.1 Å².